The zero-order valence-corrected chi connectivity index (χ0v) is 5.71. The molecule has 0 radical (unpaired) electrons. The molecule has 0 spiro atoms. The minimum absolute atomic E-state index is 0.0972. The second-order valence-corrected chi connectivity index (χ2v) is 2.22. The van der Waals surface area contributed by atoms with E-state index in [2.05, 4.69) is 0 Å². The Kier molecular flexibility index (Phi) is 7.92. The van der Waals surface area contributed by atoms with Crippen LogP contribution in [0.2, 0.25) is 0 Å². The molecule has 0 aliphatic rings. The van der Waals surface area contributed by atoms with Crippen LogP contribution in [0.5, 0.6) is 0 Å². The van der Waals surface area contributed by atoms with Crippen LogP contribution in [0.4, 0.5) is 0 Å². The van der Waals surface area contributed by atoms with Crippen LogP contribution in [0.25, 0.3) is 0 Å². The molecule has 0 bridgehead atoms. The molecule has 0 fully saturated rings. The van der Waals surface area contributed by atoms with Gasteiger partial charge in [-0.3, -0.25) is 0 Å². The van der Waals surface area contributed by atoms with E-state index in [0.717, 1.165) is 0 Å². The molecule has 5 N–H and O–H groups in total. The van der Waals surface area contributed by atoms with Crippen molar-refractivity contribution in [3.63, 3.8) is 0 Å². The van der Waals surface area contributed by atoms with Crippen LogP contribution in [-0.4, -0.2) is 26.6 Å². The minimum atomic E-state index is -5.12. The summed E-state index contributed by atoms with van der Waals surface area (Å²) in [6.07, 6.45) is 0. The molecule has 0 unspecified atom stereocenters. The van der Waals surface area contributed by atoms with Gasteiger partial charge in [0, 0.05) is 6.54 Å². The molecular formula is C2H9MnNO5. The van der Waals surface area contributed by atoms with Crippen molar-refractivity contribution in [1.29, 1.82) is 0 Å². The Balaban J connectivity index is 0. The molecule has 0 saturated carbocycles. The first-order chi connectivity index (χ1) is 3.91. The van der Waals surface area contributed by atoms with E-state index >= 15 is 0 Å². The van der Waals surface area contributed by atoms with Gasteiger partial charge >= 0.3 is 29.4 Å². The van der Waals surface area contributed by atoms with Crippen molar-refractivity contribution in [2.24, 2.45) is 5.73 Å². The van der Waals surface area contributed by atoms with Crippen molar-refractivity contribution < 1.29 is 34.5 Å². The summed E-state index contributed by atoms with van der Waals surface area (Å²) in [6, 6.07) is 0. The van der Waals surface area contributed by atoms with Gasteiger partial charge in [0.05, 0.1) is 6.61 Å². The van der Waals surface area contributed by atoms with Gasteiger partial charge in [0.2, 0.25) is 0 Å². The number of hydrogen-bond donors (Lipinski definition) is 4. The Morgan fingerprint density at radius 3 is 1.44 bits per heavy atom. The molecule has 0 aromatic rings. The second-order valence-electron chi connectivity index (χ2n) is 0.927. The maximum atomic E-state index is 8.80. The van der Waals surface area contributed by atoms with Crippen LogP contribution in [0.1, 0.15) is 0 Å². The molecule has 0 amide bonds. The molecule has 0 heterocycles. The number of hydrogen-bond acceptors (Lipinski definition) is 4. The van der Waals surface area contributed by atoms with Gasteiger partial charge < -0.3 is 10.8 Å². The van der Waals surface area contributed by atoms with E-state index in [1.54, 1.807) is 0 Å². The first kappa shape index (κ1) is 11.7. The number of aliphatic hydroxyl groups is 1. The fourth-order valence-corrected chi connectivity index (χ4v) is 0. The van der Waals surface area contributed by atoms with Crippen molar-refractivity contribution >= 4 is 0 Å². The normalized spacial score (nSPS) is 9.78. The third kappa shape index (κ3) is 307. The van der Waals surface area contributed by atoms with Gasteiger partial charge in [0.1, 0.15) is 0 Å². The van der Waals surface area contributed by atoms with Gasteiger partial charge in [0.15, 0.2) is 0 Å². The van der Waals surface area contributed by atoms with Crippen LogP contribution in [0.3, 0.4) is 0 Å². The number of rotatable bonds is 1. The van der Waals surface area contributed by atoms with E-state index in [1.807, 2.05) is 0 Å². The molecular weight excluding hydrogens is 173 g/mol. The van der Waals surface area contributed by atoms with Crippen LogP contribution in [-0.2, 0) is 21.0 Å². The Morgan fingerprint density at radius 1 is 1.33 bits per heavy atom. The van der Waals surface area contributed by atoms with E-state index < -0.39 is 13.4 Å². The van der Waals surface area contributed by atoms with Crippen molar-refractivity contribution in [3.05, 3.63) is 0 Å². The van der Waals surface area contributed by atoms with Gasteiger partial charge in [-0.25, -0.2) is 0 Å². The van der Waals surface area contributed by atoms with E-state index in [0.29, 0.717) is 6.54 Å². The summed E-state index contributed by atoms with van der Waals surface area (Å²) in [5.74, 6) is 0. The van der Waals surface area contributed by atoms with Crippen molar-refractivity contribution in [1.82, 2.24) is 0 Å². The molecule has 59 valence electrons. The molecule has 0 aliphatic heterocycles. The molecule has 0 saturated heterocycles. The van der Waals surface area contributed by atoms with E-state index in [9.17, 15) is 0 Å². The van der Waals surface area contributed by atoms with Gasteiger partial charge in [-0.2, -0.15) is 0 Å². The molecule has 0 rings (SSSR count). The first-order valence-electron chi connectivity index (χ1n) is 1.87. The van der Waals surface area contributed by atoms with Crippen molar-refractivity contribution in [3.8, 4) is 0 Å². The summed E-state index contributed by atoms with van der Waals surface area (Å²) < 4.78 is 31.8. The summed E-state index contributed by atoms with van der Waals surface area (Å²) >= 11 is -5.12. The molecule has 0 atom stereocenters. The van der Waals surface area contributed by atoms with Gasteiger partial charge in [-0.15, -0.1) is 0 Å². The van der Waals surface area contributed by atoms with Crippen LogP contribution in [0, 0.1) is 0 Å². The third-order valence-electron chi connectivity index (χ3n) is 0.129. The van der Waals surface area contributed by atoms with E-state index in [-0.39, 0.29) is 6.61 Å². The predicted molar refractivity (Wildman–Crippen MR) is 22.0 cm³/mol. The van der Waals surface area contributed by atoms with Gasteiger partial charge in [0.25, 0.3) is 0 Å². The molecule has 7 heteroatoms. The zero-order valence-electron chi connectivity index (χ0n) is 4.53. The summed E-state index contributed by atoms with van der Waals surface area (Å²) in [5.41, 5.74) is 4.78. The summed E-state index contributed by atoms with van der Waals surface area (Å²) in [6.45, 7) is 0.472. The monoisotopic (exact) mass is 182 g/mol. The fraction of sp³-hybridized carbons (Fsp3) is 1.00. The topological polar surface area (TPSA) is 121 Å². The average Bonchev–Trinajstić information content (AvgIpc) is 1.61. The fourth-order valence-electron chi connectivity index (χ4n) is 0. The SMILES string of the molecule is NCCO.[O]=[Mn](=[O])([OH])[OH]. The Morgan fingerprint density at radius 2 is 1.44 bits per heavy atom. The standard InChI is InChI=1S/C2H7NO.Mn.2H2O.2O/c3-1-2-4;;;;;/h4H,1-3H2;;2*1H2;;/q;+2;;;;/p-2. The van der Waals surface area contributed by atoms with Crippen LogP contribution < -0.4 is 5.73 Å². The Labute approximate surface area is 54.2 Å². The molecule has 0 aliphatic carbocycles. The van der Waals surface area contributed by atoms with E-state index in [1.165, 1.54) is 0 Å². The Hall–Kier alpha value is -0.0405. The summed E-state index contributed by atoms with van der Waals surface area (Å²) in [4.78, 5) is 0. The predicted octanol–water partition coefficient (Wildman–Crippen LogP) is -2.42. The molecule has 0 aromatic carbocycles. The quantitative estimate of drug-likeness (QED) is 0.335. The Bertz CT molecular complexity index is 118. The molecule has 6 nitrogen and oxygen atoms in total. The number of nitrogens with two attached hydrogens (primary N) is 1. The van der Waals surface area contributed by atoms with Crippen molar-refractivity contribution in [2.45, 2.75) is 0 Å². The van der Waals surface area contributed by atoms with Crippen LogP contribution >= 0.6 is 0 Å². The van der Waals surface area contributed by atoms with Crippen LogP contribution in [0.15, 0.2) is 0 Å². The number of aliphatic hydroxyl groups excluding tert-OH is 1. The summed E-state index contributed by atoms with van der Waals surface area (Å²) in [7, 11) is 0. The molecule has 9 heavy (non-hydrogen) atoms. The first-order valence-corrected chi connectivity index (χ1v) is 3.89. The average molecular weight is 182 g/mol. The van der Waals surface area contributed by atoms with Crippen molar-refractivity contribution in [2.75, 3.05) is 13.2 Å². The van der Waals surface area contributed by atoms with Gasteiger partial charge in [-0.05, 0) is 0 Å². The molecule has 0 aromatic heterocycles. The summed E-state index contributed by atoms with van der Waals surface area (Å²) in [5, 5.41) is 7.75. The van der Waals surface area contributed by atoms with Gasteiger partial charge in [-0.1, -0.05) is 0 Å². The van der Waals surface area contributed by atoms with E-state index in [4.69, 9.17) is 26.9 Å². The zero-order chi connectivity index (χ0) is 7.91. The maximum absolute atomic E-state index is 8.80. The second kappa shape index (κ2) is 6.09. The third-order valence-corrected chi connectivity index (χ3v) is 0.129.